The highest BCUT2D eigenvalue weighted by molar-refractivity contribution is 14.0. The van der Waals surface area contributed by atoms with E-state index in [0.29, 0.717) is 5.92 Å². The normalized spacial score (nSPS) is 23.0. The zero-order valence-electron chi connectivity index (χ0n) is 16.7. The molecule has 0 saturated carbocycles. The highest BCUT2D eigenvalue weighted by Crippen LogP contribution is 2.32. The van der Waals surface area contributed by atoms with Crippen molar-refractivity contribution in [1.29, 1.82) is 0 Å². The third-order valence-electron chi connectivity index (χ3n) is 5.68. The van der Waals surface area contributed by atoms with E-state index in [2.05, 4.69) is 45.6 Å². The van der Waals surface area contributed by atoms with E-state index in [1.165, 1.54) is 37.9 Å². The lowest BCUT2D eigenvalue weighted by molar-refractivity contribution is 0.159. The van der Waals surface area contributed by atoms with Crippen LogP contribution >= 0.6 is 24.0 Å². The summed E-state index contributed by atoms with van der Waals surface area (Å²) in [6.45, 7) is 7.45. The van der Waals surface area contributed by atoms with E-state index < -0.39 is 0 Å². The van der Waals surface area contributed by atoms with Crippen molar-refractivity contribution in [2.24, 2.45) is 4.99 Å². The molecule has 27 heavy (non-hydrogen) atoms. The average Bonchev–Trinajstić information content (AvgIpc) is 2.68. The fourth-order valence-electron chi connectivity index (χ4n) is 4.05. The zero-order chi connectivity index (χ0) is 18.2. The first-order valence-corrected chi connectivity index (χ1v) is 10.2. The lowest BCUT2D eigenvalue weighted by Gasteiger charge is -2.33. The van der Waals surface area contributed by atoms with Gasteiger partial charge in [0.1, 0.15) is 5.75 Å². The first kappa shape index (κ1) is 22.3. The van der Waals surface area contributed by atoms with Crippen molar-refractivity contribution in [2.45, 2.75) is 51.0 Å². The Morgan fingerprint density at radius 2 is 2.07 bits per heavy atom. The van der Waals surface area contributed by atoms with Gasteiger partial charge in [0.15, 0.2) is 5.96 Å². The number of para-hydroxylation sites is 1. The zero-order valence-corrected chi connectivity index (χ0v) is 19.1. The maximum atomic E-state index is 5.75. The molecule has 1 aromatic rings. The largest absolute Gasteiger partial charge is 0.493 e. The first-order chi connectivity index (χ1) is 12.8. The second-order valence-electron chi connectivity index (χ2n) is 7.49. The number of ether oxygens (including phenoxy) is 1. The summed E-state index contributed by atoms with van der Waals surface area (Å²) in [5.41, 5.74) is 1.31. The monoisotopic (exact) mass is 486 g/mol. The van der Waals surface area contributed by atoms with E-state index in [9.17, 15) is 0 Å². The number of hydrogen-bond acceptors (Lipinski definition) is 3. The van der Waals surface area contributed by atoms with Crippen molar-refractivity contribution in [3.8, 4) is 5.75 Å². The second-order valence-corrected chi connectivity index (χ2v) is 7.49. The molecule has 0 spiro atoms. The molecule has 2 heterocycles. The van der Waals surface area contributed by atoms with Gasteiger partial charge in [-0.2, -0.15) is 0 Å². The number of guanidine groups is 1. The molecule has 0 aromatic heterocycles. The maximum Gasteiger partial charge on any atom is 0.190 e. The smallest absolute Gasteiger partial charge is 0.190 e. The standard InChI is InChI=1S/C21H34N4O.HI/c1-17-8-5-6-13-25(17)14-7-12-23-21(22-2)24-16-18-11-15-26-20-10-4-3-9-19(18)20;/h3-4,9-10,17-18H,5-8,11-16H2,1-2H3,(H2,22,23,24);1H. The molecule has 2 unspecified atom stereocenters. The van der Waals surface area contributed by atoms with Gasteiger partial charge in [-0.25, -0.2) is 0 Å². The van der Waals surface area contributed by atoms with Crippen LogP contribution in [0.2, 0.25) is 0 Å². The second kappa shape index (κ2) is 11.7. The van der Waals surface area contributed by atoms with Gasteiger partial charge in [-0.1, -0.05) is 24.6 Å². The summed E-state index contributed by atoms with van der Waals surface area (Å²) in [5, 5.41) is 6.97. The number of piperidine rings is 1. The van der Waals surface area contributed by atoms with Gasteiger partial charge in [-0.05, 0) is 50.8 Å². The van der Waals surface area contributed by atoms with Gasteiger partial charge in [-0.15, -0.1) is 24.0 Å². The Morgan fingerprint density at radius 3 is 2.89 bits per heavy atom. The Kier molecular flexibility index (Phi) is 9.68. The molecule has 2 N–H and O–H groups in total. The number of nitrogens with one attached hydrogen (secondary N) is 2. The lowest BCUT2D eigenvalue weighted by Crippen LogP contribution is -2.42. The van der Waals surface area contributed by atoms with E-state index in [-0.39, 0.29) is 24.0 Å². The minimum atomic E-state index is 0. The Labute approximate surface area is 181 Å². The third kappa shape index (κ3) is 6.52. The summed E-state index contributed by atoms with van der Waals surface area (Å²) in [6, 6.07) is 9.12. The molecule has 0 bridgehead atoms. The number of nitrogens with zero attached hydrogens (tertiary/aromatic N) is 2. The van der Waals surface area contributed by atoms with Crippen LogP contribution in [0.25, 0.3) is 0 Å². The average molecular weight is 486 g/mol. The highest BCUT2D eigenvalue weighted by atomic mass is 127. The van der Waals surface area contributed by atoms with Crippen molar-refractivity contribution < 1.29 is 4.74 Å². The van der Waals surface area contributed by atoms with Crippen LogP contribution in [0, 0.1) is 0 Å². The van der Waals surface area contributed by atoms with Crippen LogP contribution in [0.3, 0.4) is 0 Å². The van der Waals surface area contributed by atoms with Gasteiger partial charge in [0.25, 0.3) is 0 Å². The molecule has 1 fully saturated rings. The molecular formula is C21H35IN4O. The van der Waals surface area contributed by atoms with Crippen molar-refractivity contribution in [1.82, 2.24) is 15.5 Å². The Bertz CT molecular complexity index is 595. The molecule has 0 aliphatic carbocycles. The van der Waals surface area contributed by atoms with Crippen LogP contribution < -0.4 is 15.4 Å². The molecule has 0 radical (unpaired) electrons. The number of halogens is 1. The Morgan fingerprint density at radius 1 is 1.22 bits per heavy atom. The maximum absolute atomic E-state index is 5.75. The molecule has 1 saturated heterocycles. The Hall–Kier alpha value is -1.02. The molecule has 2 aliphatic rings. The lowest BCUT2D eigenvalue weighted by atomic mass is 9.93. The van der Waals surface area contributed by atoms with Crippen molar-refractivity contribution >= 4 is 29.9 Å². The van der Waals surface area contributed by atoms with E-state index in [1.54, 1.807) is 0 Å². The third-order valence-corrected chi connectivity index (χ3v) is 5.68. The van der Waals surface area contributed by atoms with Gasteiger partial charge < -0.3 is 20.3 Å². The SMILES string of the molecule is CN=C(NCCCN1CCCCC1C)NCC1CCOc2ccccc21.I. The van der Waals surface area contributed by atoms with Gasteiger partial charge in [0, 0.05) is 38.6 Å². The number of hydrogen-bond donors (Lipinski definition) is 2. The number of fused-ring (bicyclic) bond motifs is 1. The fraction of sp³-hybridized carbons (Fsp3) is 0.667. The van der Waals surface area contributed by atoms with E-state index >= 15 is 0 Å². The van der Waals surface area contributed by atoms with Gasteiger partial charge in [-0.3, -0.25) is 4.99 Å². The van der Waals surface area contributed by atoms with Crippen LogP contribution in [0.15, 0.2) is 29.3 Å². The van der Waals surface area contributed by atoms with Crippen LogP contribution in [0.5, 0.6) is 5.75 Å². The van der Waals surface area contributed by atoms with Crippen LogP contribution in [-0.4, -0.2) is 56.7 Å². The minimum absolute atomic E-state index is 0. The van der Waals surface area contributed by atoms with Crippen molar-refractivity contribution in [3.63, 3.8) is 0 Å². The number of rotatable bonds is 6. The van der Waals surface area contributed by atoms with Crippen molar-refractivity contribution in [3.05, 3.63) is 29.8 Å². The fourth-order valence-corrected chi connectivity index (χ4v) is 4.05. The summed E-state index contributed by atoms with van der Waals surface area (Å²) >= 11 is 0. The van der Waals surface area contributed by atoms with Gasteiger partial charge in [0.05, 0.1) is 6.61 Å². The van der Waals surface area contributed by atoms with Gasteiger partial charge >= 0.3 is 0 Å². The topological polar surface area (TPSA) is 48.9 Å². The molecule has 6 heteroatoms. The summed E-state index contributed by atoms with van der Waals surface area (Å²) in [5.74, 6) is 2.41. The summed E-state index contributed by atoms with van der Waals surface area (Å²) in [7, 11) is 1.85. The van der Waals surface area contributed by atoms with Crippen LogP contribution in [-0.2, 0) is 0 Å². The molecule has 3 rings (SSSR count). The summed E-state index contributed by atoms with van der Waals surface area (Å²) in [6.07, 6.45) is 6.30. The predicted molar refractivity (Wildman–Crippen MR) is 124 cm³/mol. The number of aliphatic imine (C=N–C) groups is 1. The molecule has 0 amide bonds. The van der Waals surface area contributed by atoms with Crippen LogP contribution in [0.1, 0.15) is 50.5 Å². The number of likely N-dealkylation sites (tertiary alicyclic amines) is 1. The van der Waals surface area contributed by atoms with E-state index in [0.717, 1.165) is 50.3 Å². The summed E-state index contributed by atoms with van der Waals surface area (Å²) in [4.78, 5) is 7.00. The molecule has 2 atom stereocenters. The molecule has 5 nitrogen and oxygen atoms in total. The molecule has 1 aromatic carbocycles. The van der Waals surface area contributed by atoms with Crippen LogP contribution in [0.4, 0.5) is 0 Å². The summed E-state index contributed by atoms with van der Waals surface area (Å²) < 4.78 is 5.75. The predicted octanol–water partition coefficient (Wildman–Crippen LogP) is 3.60. The van der Waals surface area contributed by atoms with Gasteiger partial charge in [0.2, 0.25) is 0 Å². The molecule has 2 aliphatic heterocycles. The molecular weight excluding hydrogens is 451 g/mol. The minimum Gasteiger partial charge on any atom is -0.493 e. The first-order valence-electron chi connectivity index (χ1n) is 10.2. The quantitative estimate of drug-likeness (QED) is 0.279. The molecule has 152 valence electrons. The number of benzene rings is 1. The highest BCUT2D eigenvalue weighted by Gasteiger charge is 2.21. The van der Waals surface area contributed by atoms with Crippen molar-refractivity contribution in [2.75, 3.05) is 39.8 Å². The van der Waals surface area contributed by atoms with E-state index in [4.69, 9.17) is 4.74 Å². The Balaban J connectivity index is 0.00000261. The van der Waals surface area contributed by atoms with E-state index in [1.807, 2.05) is 13.1 Å².